The van der Waals surface area contributed by atoms with Gasteiger partial charge < -0.3 is 19.9 Å². The molecule has 1 aliphatic carbocycles. The molecule has 2 N–H and O–H groups in total. The fraction of sp³-hybridized carbons (Fsp3) is 0.308. The third kappa shape index (κ3) is 4.00. The predicted molar refractivity (Wildman–Crippen MR) is 120 cm³/mol. The van der Waals surface area contributed by atoms with Crippen LogP contribution in [0.1, 0.15) is 49.7 Å². The number of carbonyl (C=O) groups is 2. The van der Waals surface area contributed by atoms with E-state index in [1.807, 2.05) is 31.2 Å². The molecule has 6 nitrogen and oxygen atoms in total. The number of rotatable bonds is 5. The molecule has 0 spiro atoms. The van der Waals surface area contributed by atoms with Crippen molar-refractivity contribution in [3.8, 4) is 11.5 Å². The van der Waals surface area contributed by atoms with E-state index in [-0.39, 0.29) is 24.1 Å². The van der Waals surface area contributed by atoms with E-state index in [4.69, 9.17) is 9.47 Å². The molecule has 0 saturated carbocycles. The number of Topliss-reactive ketones (excluding diaryl/α,β-unsaturated/α-hetero) is 1. The van der Waals surface area contributed by atoms with E-state index < -0.39 is 11.9 Å². The zero-order chi connectivity index (χ0) is 22.8. The normalized spacial score (nSPS) is 20.5. The summed E-state index contributed by atoms with van der Waals surface area (Å²) in [6.07, 6.45) is 1.02. The Morgan fingerprint density at radius 1 is 1.06 bits per heavy atom. The number of phenolic OH excluding ortho intramolecular Hbond substituents is 1. The average molecular weight is 434 g/mol. The molecule has 0 fully saturated rings. The van der Waals surface area contributed by atoms with E-state index in [2.05, 4.69) is 5.32 Å². The van der Waals surface area contributed by atoms with E-state index in [0.29, 0.717) is 29.7 Å². The molecule has 4 rings (SSSR count). The summed E-state index contributed by atoms with van der Waals surface area (Å²) in [7, 11) is 1.63. The predicted octanol–water partition coefficient (Wildman–Crippen LogP) is 4.33. The quantitative estimate of drug-likeness (QED) is 0.683. The molecule has 0 aromatic heterocycles. The van der Waals surface area contributed by atoms with Crippen molar-refractivity contribution in [2.75, 3.05) is 13.7 Å². The minimum Gasteiger partial charge on any atom is -0.508 e. The fourth-order valence-corrected chi connectivity index (χ4v) is 4.63. The Morgan fingerprint density at radius 2 is 1.72 bits per heavy atom. The number of dihydropyridines is 1. The summed E-state index contributed by atoms with van der Waals surface area (Å²) in [5, 5.41) is 13.1. The zero-order valence-electron chi connectivity index (χ0n) is 18.5. The number of hydrogen-bond acceptors (Lipinski definition) is 6. The first-order valence-corrected chi connectivity index (χ1v) is 10.8. The van der Waals surface area contributed by atoms with Gasteiger partial charge in [-0.2, -0.15) is 0 Å². The van der Waals surface area contributed by atoms with Crippen LogP contribution in [-0.2, 0) is 14.3 Å². The number of aromatic hydroxyl groups is 1. The molecular weight excluding hydrogens is 406 g/mol. The largest absolute Gasteiger partial charge is 0.508 e. The Bertz CT molecular complexity index is 1100. The highest BCUT2D eigenvalue weighted by Crippen LogP contribution is 2.46. The number of phenols is 1. The Labute approximate surface area is 187 Å². The highest BCUT2D eigenvalue weighted by molar-refractivity contribution is 6.04. The van der Waals surface area contributed by atoms with Crippen molar-refractivity contribution in [1.82, 2.24) is 5.32 Å². The van der Waals surface area contributed by atoms with Crippen LogP contribution < -0.4 is 10.1 Å². The minimum absolute atomic E-state index is 0.00643. The molecule has 0 unspecified atom stereocenters. The maximum atomic E-state index is 13.5. The van der Waals surface area contributed by atoms with E-state index in [1.54, 1.807) is 38.3 Å². The van der Waals surface area contributed by atoms with Gasteiger partial charge in [0, 0.05) is 29.3 Å². The van der Waals surface area contributed by atoms with Gasteiger partial charge in [0.15, 0.2) is 5.78 Å². The number of benzene rings is 2. The summed E-state index contributed by atoms with van der Waals surface area (Å²) < 4.78 is 10.6. The molecule has 2 atom stereocenters. The average Bonchev–Trinajstić information content (AvgIpc) is 2.78. The van der Waals surface area contributed by atoms with Gasteiger partial charge in [-0.05, 0) is 61.6 Å². The molecule has 6 heteroatoms. The lowest BCUT2D eigenvalue weighted by atomic mass is 9.71. The first kappa shape index (κ1) is 21.7. The summed E-state index contributed by atoms with van der Waals surface area (Å²) in [6, 6.07) is 14.5. The van der Waals surface area contributed by atoms with Gasteiger partial charge in [0.25, 0.3) is 0 Å². The van der Waals surface area contributed by atoms with Crippen LogP contribution in [-0.4, -0.2) is 30.6 Å². The van der Waals surface area contributed by atoms with Crippen LogP contribution in [0, 0.1) is 0 Å². The maximum absolute atomic E-state index is 13.5. The molecule has 0 saturated heterocycles. The van der Waals surface area contributed by atoms with E-state index in [9.17, 15) is 14.7 Å². The van der Waals surface area contributed by atoms with Gasteiger partial charge in [0.1, 0.15) is 11.5 Å². The van der Waals surface area contributed by atoms with Crippen LogP contribution in [0.3, 0.4) is 0 Å². The second-order valence-corrected chi connectivity index (χ2v) is 8.10. The SMILES string of the molecule is CCOC(=O)C1=C(C)NC2=C(C(=O)C[C@H](c3ccc(OC)cc3)C2)[C@H]1c1ccc(O)cc1. The number of nitrogens with one attached hydrogen (secondary N) is 1. The van der Waals surface area contributed by atoms with Crippen LogP contribution in [0.4, 0.5) is 0 Å². The van der Waals surface area contributed by atoms with Gasteiger partial charge in [-0.1, -0.05) is 24.3 Å². The Morgan fingerprint density at radius 3 is 2.34 bits per heavy atom. The highest BCUT2D eigenvalue weighted by Gasteiger charge is 2.41. The first-order chi connectivity index (χ1) is 15.4. The van der Waals surface area contributed by atoms with Crippen LogP contribution in [0.15, 0.2) is 71.1 Å². The lowest BCUT2D eigenvalue weighted by Crippen LogP contribution is -2.36. The molecule has 2 aromatic carbocycles. The minimum atomic E-state index is -0.532. The van der Waals surface area contributed by atoms with E-state index in [1.165, 1.54) is 0 Å². The molecule has 2 aliphatic rings. The van der Waals surface area contributed by atoms with Crippen LogP contribution >= 0.6 is 0 Å². The second-order valence-electron chi connectivity index (χ2n) is 8.10. The monoisotopic (exact) mass is 433 g/mol. The van der Waals surface area contributed by atoms with Gasteiger partial charge in [-0.3, -0.25) is 4.79 Å². The third-order valence-electron chi connectivity index (χ3n) is 6.14. The van der Waals surface area contributed by atoms with Gasteiger partial charge in [-0.25, -0.2) is 4.79 Å². The van der Waals surface area contributed by atoms with Crippen molar-refractivity contribution < 1.29 is 24.2 Å². The second kappa shape index (κ2) is 8.91. The first-order valence-electron chi connectivity index (χ1n) is 10.8. The smallest absolute Gasteiger partial charge is 0.336 e. The van der Waals surface area contributed by atoms with E-state index >= 15 is 0 Å². The van der Waals surface area contributed by atoms with Crippen LogP contribution in [0.5, 0.6) is 11.5 Å². The lowest BCUT2D eigenvalue weighted by molar-refractivity contribution is -0.138. The van der Waals surface area contributed by atoms with Gasteiger partial charge in [-0.15, -0.1) is 0 Å². The molecule has 1 heterocycles. The fourth-order valence-electron chi connectivity index (χ4n) is 4.63. The number of ether oxygens (including phenoxy) is 2. The van der Waals surface area contributed by atoms with Crippen LogP contribution in [0.25, 0.3) is 0 Å². The lowest BCUT2D eigenvalue weighted by Gasteiger charge is -2.36. The number of carbonyl (C=O) groups excluding carboxylic acids is 2. The van der Waals surface area contributed by atoms with Crippen molar-refractivity contribution in [2.45, 2.75) is 38.5 Å². The van der Waals surface area contributed by atoms with Gasteiger partial charge >= 0.3 is 5.97 Å². The maximum Gasteiger partial charge on any atom is 0.336 e. The van der Waals surface area contributed by atoms with Gasteiger partial charge in [0.2, 0.25) is 0 Å². The van der Waals surface area contributed by atoms with Crippen molar-refractivity contribution in [2.24, 2.45) is 0 Å². The molecule has 32 heavy (non-hydrogen) atoms. The zero-order valence-corrected chi connectivity index (χ0v) is 18.5. The molecule has 2 aromatic rings. The Kier molecular flexibility index (Phi) is 6.04. The molecule has 0 radical (unpaired) electrons. The number of methoxy groups -OCH3 is 1. The van der Waals surface area contributed by atoms with Crippen LogP contribution in [0.2, 0.25) is 0 Å². The van der Waals surface area contributed by atoms with E-state index in [0.717, 1.165) is 22.6 Å². The molecule has 166 valence electrons. The topological polar surface area (TPSA) is 84.9 Å². The summed E-state index contributed by atoms with van der Waals surface area (Å²) in [4.78, 5) is 26.3. The Balaban J connectivity index is 1.76. The van der Waals surface area contributed by atoms with Gasteiger partial charge in [0.05, 0.1) is 19.3 Å². The highest BCUT2D eigenvalue weighted by atomic mass is 16.5. The standard InChI is InChI=1S/C26H27NO5/c1-4-32-26(30)23-15(2)27-21-13-18(16-7-11-20(31-3)12-8-16)14-22(29)25(21)24(23)17-5-9-19(28)10-6-17/h5-12,18,24,27-28H,4,13-14H2,1-3H3/t18-,24+/m1/s1. The number of allylic oxidation sites excluding steroid dienone is 3. The number of esters is 1. The van der Waals surface area contributed by atoms with Crippen molar-refractivity contribution in [3.05, 3.63) is 82.2 Å². The number of hydrogen-bond donors (Lipinski definition) is 2. The molecule has 1 aliphatic heterocycles. The Hall–Kier alpha value is -3.54. The molecule has 0 amide bonds. The molecular formula is C26H27NO5. The third-order valence-corrected chi connectivity index (χ3v) is 6.14. The summed E-state index contributed by atoms with van der Waals surface area (Å²) in [5.74, 6) is -0.0203. The van der Waals surface area contributed by atoms with Crippen molar-refractivity contribution >= 4 is 11.8 Å². The summed E-state index contributed by atoms with van der Waals surface area (Å²) in [6.45, 7) is 3.84. The molecule has 0 bridgehead atoms. The summed E-state index contributed by atoms with van der Waals surface area (Å²) >= 11 is 0. The summed E-state index contributed by atoms with van der Waals surface area (Å²) in [5.41, 5.74) is 4.41. The van der Waals surface area contributed by atoms with Crippen molar-refractivity contribution in [1.29, 1.82) is 0 Å². The van der Waals surface area contributed by atoms with Crippen molar-refractivity contribution in [3.63, 3.8) is 0 Å². The number of ketones is 1.